The molecule has 1 aromatic heterocycles. The third kappa shape index (κ3) is 3.95. The Hall–Kier alpha value is -1.59. The quantitative estimate of drug-likeness (QED) is 0.795. The maximum Gasteiger partial charge on any atom is 0.207 e. The van der Waals surface area contributed by atoms with Crippen LogP contribution in [0, 0.1) is 5.82 Å². The second kappa shape index (κ2) is 7.26. The normalized spacial score (nSPS) is 10.8. The number of imidazole rings is 1. The van der Waals surface area contributed by atoms with Crippen molar-refractivity contribution in [2.75, 3.05) is 25.1 Å². The highest BCUT2D eigenvalue weighted by molar-refractivity contribution is 6.30. The Balaban J connectivity index is 2.04. The monoisotopic (exact) mass is 297 g/mol. The number of halogens is 2. The lowest BCUT2D eigenvalue weighted by Gasteiger charge is -2.10. The number of rotatable bonds is 7. The van der Waals surface area contributed by atoms with Gasteiger partial charge in [-0.05, 0) is 31.5 Å². The molecule has 0 aliphatic rings. The second-order valence-corrected chi connectivity index (χ2v) is 4.66. The van der Waals surface area contributed by atoms with Crippen LogP contribution in [-0.4, -0.2) is 29.3 Å². The van der Waals surface area contributed by atoms with Gasteiger partial charge in [0, 0.05) is 37.2 Å². The molecule has 0 aliphatic heterocycles. The minimum atomic E-state index is -0.372. The van der Waals surface area contributed by atoms with Gasteiger partial charge in [-0.2, -0.15) is 0 Å². The van der Waals surface area contributed by atoms with E-state index in [2.05, 4.69) is 10.3 Å². The first kappa shape index (κ1) is 14.8. The number of aromatic nitrogens is 2. The maximum absolute atomic E-state index is 13.4. The highest BCUT2D eigenvalue weighted by Gasteiger charge is 2.06. The number of nitrogens with one attached hydrogen (secondary N) is 1. The molecule has 108 valence electrons. The van der Waals surface area contributed by atoms with E-state index in [-0.39, 0.29) is 5.82 Å². The van der Waals surface area contributed by atoms with Gasteiger partial charge in [0.1, 0.15) is 5.82 Å². The van der Waals surface area contributed by atoms with Crippen molar-refractivity contribution in [3.63, 3.8) is 0 Å². The average Bonchev–Trinajstić information content (AvgIpc) is 2.86. The molecule has 1 aromatic carbocycles. The first-order valence-electron chi connectivity index (χ1n) is 6.52. The molecule has 0 spiro atoms. The third-order valence-corrected chi connectivity index (χ3v) is 2.94. The van der Waals surface area contributed by atoms with Crippen LogP contribution in [0.1, 0.15) is 13.3 Å². The van der Waals surface area contributed by atoms with E-state index in [4.69, 9.17) is 16.3 Å². The summed E-state index contributed by atoms with van der Waals surface area (Å²) >= 11 is 5.87. The second-order valence-electron chi connectivity index (χ2n) is 4.23. The molecule has 20 heavy (non-hydrogen) atoms. The summed E-state index contributed by atoms with van der Waals surface area (Å²) in [6, 6.07) is 4.38. The molecule has 0 amide bonds. The highest BCUT2D eigenvalue weighted by atomic mass is 35.5. The fourth-order valence-corrected chi connectivity index (χ4v) is 2.06. The Morgan fingerprint density at radius 2 is 2.25 bits per heavy atom. The van der Waals surface area contributed by atoms with Gasteiger partial charge in [0.25, 0.3) is 0 Å². The summed E-state index contributed by atoms with van der Waals surface area (Å²) in [5, 5.41) is 3.55. The van der Waals surface area contributed by atoms with Gasteiger partial charge in [0.2, 0.25) is 5.95 Å². The van der Waals surface area contributed by atoms with Crippen LogP contribution in [0.5, 0.6) is 0 Å². The molecule has 0 fully saturated rings. The summed E-state index contributed by atoms with van der Waals surface area (Å²) in [6.07, 6.45) is 4.30. The first-order valence-corrected chi connectivity index (χ1v) is 6.90. The summed E-state index contributed by atoms with van der Waals surface area (Å²) in [6.45, 7) is 4.13. The van der Waals surface area contributed by atoms with Crippen molar-refractivity contribution in [2.24, 2.45) is 0 Å². The van der Waals surface area contributed by atoms with E-state index in [0.29, 0.717) is 23.3 Å². The van der Waals surface area contributed by atoms with Crippen molar-refractivity contribution in [3.05, 3.63) is 41.4 Å². The molecular formula is C14H17ClFN3O. The molecule has 0 atom stereocenters. The molecule has 0 radical (unpaired) electrons. The van der Waals surface area contributed by atoms with E-state index >= 15 is 0 Å². The van der Waals surface area contributed by atoms with Crippen LogP contribution in [0.15, 0.2) is 30.6 Å². The van der Waals surface area contributed by atoms with Gasteiger partial charge in [-0.3, -0.25) is 4.57 Å². The predicted octanol–water partition coefficient (Wildman–Crippen LogP) is 3.50. The molecule has 1 heterocycles. The van der Waals surface area contributed by atoms with E-state index in [9.17, 15) is 4.39 Å². The van der Waals surface area contributed by atoms with Gasteiger partial charge in [0.05, 0.1) is 5.69 Å². The SMILES string of the molecule is CCOCCCNc1nccn1-c1cc(F)cc(Cl)c1. The molecule has 4 nitrogen and oxygen atoms in total. The van der Waals surface area contributed by atoms with Crippen molar-refractivity contribution in [1.82, 2.24) is 9.55 Å². The van der Waals surface area contributed by atoms with E-state index < -0.39 is 0 Å². The average molecular weight is 298 g/mol. The Morgan fingerprint density at radius 3 is 3.00 bits per heavy atom. The molecule has 6 heteroatoms. The van der Waals surface area contributed by atoms with Crippen molar-refractivity contribution in [3.8, 4) is 5.69 Å². The lowest BCUT2D eigenvalue weighted by atomic mass is 10.3. The van der Waals surface area contributed by atoms with E-state index in [1.54, 1.807) is 23.0 Å². The van der Waals surface area contributed by atoms with Gasteiger partial charge >= 0.3 is 0 Å². The molecule has 1 N–H and O–H groups in total. The van der Waals surface area contributed by atoms with Crippen molar-refractivity contribution >= 4 is 17.5 Å². The Labute approximate surface area is 122 Å². The molecule has 0 unspecified atom stereocenters. The smallest absolute Gasteiger partial charge is 0.207 e. The van der Waals surface area contributed by atoms with Crippen LogP contribution in [0.25, 0.3) is 5.69 Å². The van der Waals surface area contributed by atoms with Crippen molar-refractivity contribution in [2.45, 2.75) is 13.3 Å². The molecule has 2 rings (SSSR count). The standard InChI is InChI=1S/C14H17ClFN3O/c1-2-20-7-3-4-17-14-18-5-6-19(14)13-9-11(15)8-12(16)10-13/h5-6,8-10H,2-4,7H2,1H3,(H,17,18). The zero-order valence-corrected chi connectivity index (χ0v) is 12.0. The van der Waals surface area contributed by atoms with Crippen LogP contribution in [0.4, 0.5) is 10.3 Å². The summed E-state index contributed by atoms with van der Waals surface area (Å²) in [5.41, 5.74) is 0.639. The predicted molar refractivity (Wildman–Crippen MR) is 78.1 cm³/mol. The summed E-state index contributed by atoms with van der Waals surface area (Å²) in [5.74, 6) is 0.284. The fourth-order valence-electron chi connectivity index (χ4n) is 1.84. The minimum Gasteiger partial charge on any atom is -0.382 e. The van der Waals surface area contributed by atoms with Crippen molar-refractivity contribution < 1.29 is 9.13 Å². The zero-order chi connectivity index (χ0) is 14.4. The highest BCUT2D eigenvalue weighted by Crippen LogP contribution is 2.20. The number of anilines is 1. The number of ether oxygens (including phenoxy) is 1. The number of benzene rings is 1. The summed E-state index contributed by atoms with van der Waals surface area (Å²) in [4.78, 5) is 4.22. The van der Waals surface area contributed by atoms with Gasteiger partial charge in [-0.1, -0.05) is 11.6 Å². The van der Waals surface area contributed by atoms with E-state index in [0.717, 1.165) is 19.6 Å². The molecule has 0 bridgehead atoms. The zero-order valence-electron chi connectivity index (χ0n) is 11.3. The number of nitrogens with zero attached hydrogens (tertiary/aromatic N) is 2. The Morgan fingerprint density at radius 1 is 1.40 bits per heavy atom. The lowest BCUT2D eigenvalue weighted by molar-refractivity contribution is 0.147. The van der Waals surface area contributed by atoms with Gasteiger partial charge in [-0.25, -0.2) is 9.37 Å². The molecular weight excluding hydrogens is 281 g/mol. The van der Waals surface area contributed by atoms with Gasteiger partial charge < -0.3 is 10.1 Å². The molecule has 0 aliphatic carbocycles. The molecule has 2 aromatic rings. The van der Waals surface area contributed by atoms with Crippen molar-refractivity contribution in [1.29, 1.82) is 0 Å². The maximum atomic E-state index is 13.4. The van der Waals surface area contributed by atoms with Crippen LogP contribution >= 0.6 is 11.6 Å². The third-order valence-electron chi connectivity index (χ3n) is 2.72. The van der Waals surface area contributed by atoms with Gasteiger partial charge in [0.15, 0.2) is 0 Å². The largest absolute Gasteiger partial charge is 0.382 e. The minimum absolute atomic E-state index is 0.357. The number of hydrogen-bond acceptors (Lipinski definition) is 3. The summed E-state index contributed by atoms with van der Waals surface area (Å²) < 4.78 is 20.4. The van der Waals surface area contributed by atoms with Crippen LogP contribution in [-0.2, 0) is 4.74 Å². The lowest BCUT2D eigenvalue weighted by Crippen LogP contribution is -2.10. The van der Waals surface area contributed by atoms with Crippen LogP contribution in [0.3, 0.4) is 0 Å². The van der Waals surface area contributed by atoms with Crippen LogP contribution in [0.2, 0.25) is 5.02 Å². The molecule has 0 saturated carbocycles. The number of hydrogen-bond donors (Lipinski definition) is 1. The fraction of sp³-hybridized carbons (Fsp3) is 0.357. The van der Waals surface area contributed by atoms with Gasteiger partial charge in [-0.15, -0.1) is 0 Å². The Kier molecular flexibility index (Phi) is 5.38. The van der Waals surface area contributed by atoms with E-state index in [1.807, 2.05) is 6.92 Å². The first-order chi connectivity index (χ1) is 9.70. The molecule has 0 saturated heterocycles. The summed E-state index contributed by atoms with van der Waals surface area (Å²) in [7, 11) is 0. The topological polar surface area (TPSA) is 39.1 Å². The Bertz CT molecular complexity index is 539. The van der Waals surface area contributed by atoms with Crippen LogP contribution < -0.4 is 5.32 Å². The van der Waals surface area contributed by atoms with E-state index in [1.165, 1.54) is 12.1 Å².